The van der Waals surface area contributed by atoms with Crippen LogP contribution < -0.4 is 0 Å². The summed E-state index contributed by atoms with van der Waals surface area (Å²) in [6.07, 6.45) is 0. The van der Waals surface area contributed by atoms with Gasteiger partial charge in [-0.05, 0) is 26.0 Å². The van der Waals surface area contributed by atoms with Gasteiger partial charge >= 0.3 is 7.60 Å². The van der Waals surface area contributed by atoms with Crippen LogP contribution in [0, 0.1) is 11.6 Å². The Bertz CT molecular complexity index is 463. The maximum Gasteiger partial charge on any atom is 0.405 e. The van der Waals surface area contributed by atoms with E-state index in [-0.39, 0.29) is 19.0 Å². The first kappa shape index (κ1) is 13.8. The number of benzene rings is 1. The van der Waals surface area contributed by atoms with E-state index in [1.807, 2.05) is 0 Å². The van der Waals surface area contributed by atoms with E-state index in [0.29, 0.717) is 5.56 Å². The number of phenolic OH excluding ortho intramolecular Hbond substituents is 1. The molecule has 0 aliphatic heterocycles. The molecule has 0 heterocycles. The van der Waals surface area contributed by atoms with Crippen LogP contribution in [-0.2, 0) is 13.6 Å². The largest absolute Gasteiger partial charge is 0.507 e. The van der Waals surface area contributed by atoms with E-state index < -0.39 is 7.60 Å². The van der Waals surface area contributed by atoms with Crippen molar-refractivity contribution >= 4 is 7.60 Å². The summed E-state index contributed by atoms with van der Waals surface area (Å²) < 4.78 is 22.0. The van der Waals surface area contributed by atoms with E-state index >= 15 is 0 Å². The highest BCUT2D eigenvalue weighted by molar-refractivity contribution is 7.59. The van der Waals surface area contributed by atoms with Gasteiger partial charge < -0.3 is 5.11 Å². The van der Waals surface area contributed by atoms with Crippen LogP contribution in [0.2, 0.25) is 0 Å². The Hall–Kier alpha value is -1.27. The molecule has 5 heteroatoms. The lowest BCUT2D eigenvalue weighted by atomic mass is 10.2. The number of hydrogen-bond acceptors (Lipinski definition) is 4. The van der Waals surface area contributed by atoms with E-state index in [2.05, 4.69) is 11.6 Å². The van der Waals surface area contributed by atoms with Crippen molar-refractivity contribution < 1.29 is 18.7 Å². The average Bonchev–Trinajstić information content (AvgIpc) is 2.29. The van der Waals surface area contributed by atoms with Gasteiger partial charge in [-0.1, -0.05) is 18.1 Å². The van der Waals surface area contributed by atoms with Crippen LogP contribution in [0.3, 0.4) is 0 Å². The lowest BCUT2D eigenvalue weighted by molar-refractivity contribution is 0.230. The van der Waals surface area contributed by atoms with Gasteiger partial charge in [-0.3, -0.25) is 9.05 Å². The van der Waals surface area contributed by atoms with Crippen LogP contribution in [0.1, 0.15) is 19.4 Å². The Morgan fingerprint density at radius 2 is 1.82 bits per heavy atom. The standard InChI is InChI=1S/C12H15O4P/c1-3-15-17(14,16-4-2)10-9-11-7-5-6-8-12(11)13/h5-8,13H,3-4H2,1-2H3. The molecule has 17 heavy (non-hydrogen) atoms. The molecule has 0 atom stereocenters. The van der Waals surface area contributed by atoms with Crippen LogP contribution >= 0.6 is 7.60 Å². The van der Waals surface area contributed by atoms with Crippen molar-refractivity contribution in [3.63, 3.8) is 0 Å². The molecule has 0 aliphatic rings. The zero-order valence-corrected chi connectivity index (χ0v) is 10.7. The average molecular weight is 254 g/mol. The maximum atomic E-state index is 12.0. The van der Waals surface area contributed by atoms with Crippen LogP contribution in [0.5, 0.6) is 5.75 Å². The number of hydrogen-bond donors (Lipinski definition) is 1. The van der Waals surface area contributed by atoms with Gasteiger partial charge in [0, 0.05) is 5.66 Å². The van der Waals surface area contributed by atoms with Gasteiger partial charge in [-0.2, -0.15) is 0 Å². The molecule has 0 amide bonds. The van der Waals surface area contributed by atoms with Crippen LogP contribution in [0.15, 0.2) is 24.3 Å². The minimum Gasteiger partial charge on any atom is -0.507 e. The first-order chi connectivity index (χ1) is 8.11. The number of aromatic hydroxyl groups is 1. The molecule has 0 bridgehead atoms. The molecule has 0 aromatic heterocycles. The Balaban J connectivity index is 2.96. The summed E-state index contributed by atoms with van der Waals surface area (Å²) in [6.45, 7) is 3.94. The molecular formula is C12H15O4P. The number of phenols is 1. The summed E-state index contributed by atoms with van der Waals surface area (Å²) >= 11 is 0. The summed E-state index contributed by atoms with van der Waals surface area (Å²) in [4.78, 5) is 0. The molecule has 0 aliphatic carbocycles. The minimum atomic E-state index is -3.38. The summed E-state index contributed by atoms with van der Waals surface area (Å²) in [6, 6.07) is 6.56. The van der Waals surface area contributed by atoms with E-state index in [1.165, 1.54) is 6.07 Å². The summed E-state index contributed by atoms with van der Waals surface area (Å²) in [5.74, 6) is 2.65. The second-order valence-corrected chi connectivity index (χ2v) is 4.82. The van der Waals surface area contributed by atoms with Crippen molar-refractivity contribution in [2.24, 2.45) is 0 Å². The van der Waals surface area contributed by atoms with Crippen molar-refractivity contribution in [1.29, 1.82) is 0 Å². The third-order valence-corrected chi connectivity index (χ3v) is 3.41. The molecular weight excluding hydrogens is 239 g/mol. The fourth-order valence-electron chi connectivity index (χ4n) is 1.15. The second-order valence-electron chi connectivity index (χ2n) is 3.09. The predicted octanol–water partition coefficient (Wildman–Crippen LogP) is 2.97. The zero-order chi connectivity index (χ0) is 12.7. The third kappa shape index (κ3) is 4.24. The molecule has 0 fully saturated rings. The smallest absolute Gasteiger partial charge is 0.405 e. The molecule has 1 N–H and O–H groups in total. The van der Waals surface area contributed by atoms with E-state index in [1.54, 1.807) is 32.0 Å². The highest BCUT2D eigenvalue weighted by Crippen LogP contribution is 2.46. The van der Waals surface area contributed by atoms with E-state index in [4.69, 9.17) is 9.05 Å². The predicted molar refractivity (Wildman–Crippen MR) is 65.8 cm³/mol. The molecule has 0 unspecified atom stereocenters. The Morgan fingerprint density at radius 3 is 2.35 bits per heavy atom. The van der Waals surface area contributed by atoms with Crippen molar-refractivity contribution in [3.8, 4) is 17.3 Å². The van der Waals surface area contributed by atoms with E-state index in [0.717, 1.165) is 0 Å². The van der Waals surface area contributed by atoms with Crippen molar-refractivity contribution in [1.82, 2.24) is 0 Å². The van der Waals surface area contributed by atoms with Crippen LogP contribution in [-0.4, -0.2) is 18.3 Å². The molecule has 1 aromatic rings. The lowest BCUT2D eigenvalue weighted by Gasteiger charge is -2.09. The molecule has 92 valence electrons. The molecule has 0 saturated heterocycles. The Labute approximate surface area is 101 Å². The van der Waals surface area contributed by atoms with Crippen molar-refractivity contribution in [2.45, 2.75) is 13.8 Å². The van der Waals surface area contributed by atoms with Crippen molar-refractivity contribution in [3.05, 3.63) is 29.8 Å². The van der Waals surface area contributed by atoms with Gasteiger partial charge in [-0.15, -0.1) is 0 Å². The highest BCUT2D eigenvalue weighted by Gasteiger charge is 2.19. The normalized spacial score (nSPS) is 10.7. The number of para-hydroxylation sites is 1. The highest BCUT2D eigenvalue weighted by atomic mass is 31.2. The summed E-state index contributed by atoms with van der Waals surface area (Å²) in [7, 11) is -3.38. The third-order valence-electron chi connectivity index (χ3n) is 1.83. The van der Waals surface area contributed by atoms with Gasteiger partial charge in [-0.25, -0.2) is 4.57 Å². The SMILES string of the molecule is CCOP(=O)(C#Cc1ccccc1O)OCC. The fraction of sp³-hybridized carbons (Fsp3) is 0.333. The van der Waals surface area contributed by atoms with Gasteiger partial charge in [0.15, 0.2) is 0 Å². The van der Waals surface area contributed by atoms with Gasteiger partial charge in [0.25, 0.3) is 0 Å². The summed E-state index contributed by atoms with van der Waals surface area (Å²) in [5, 5.41) is 9.49. The maximum absolute atomic E-state index is 12.0. The molecule has 1 aromatic carbocycles. The topological polar surface area (TPSA) is 55.8 Å². The van der Waals surface area contributed by atoms with Gasteiger partial charge in [0.05, 0.1) is 18.8 Å². The van der Waals surface area contributed by atoms with Crippen LogP contribution in [0.4, 0.5) is 0 Å². The zero-order valence-electron chi connectivity index (χ0n) is 9.84. The van der Waals surface area contributed by atoms with Gasteiger partial charge in [0.1, 0.15) is 5.75 Å². The lowest BCUT2D eigenvalue weighted by Crippen LogP contribution is -1.93. The fourth-order valence-corrected chi connectivity index (χ4v) is 2.29. The minimum absolute atomic E-state index is 0.0412. The monoisotopic (exact) mass is 254 g/mol. The first-order valence-electron chi connectivity index (χ1n) is 5.31. The summed E-state index contributed by atoms with van der Waals surface area (Å²) in [5.41, 5.74) is 2.85. The molecule has 0 radical (unpaired) electrons. The quantitative estimate of drug-likeness (QED) is 0.663. The molecule has 0 saturated carbocycles. The van der Waals surface area contributed by atoms with Crippen molar-refractivity contribution in [2.75, 3.05) is 13.2 Å². The van der Waals surface area contributed by atoms with Gasteiger partial charge in [0.2, 0.25) is 0 Å². The molecule has 0 spiro atoms. The Kier molecular flexibility index (Phi) is 5.24. The number of rotatable bonds is 4. The first-order valence-corrected chi connectivity index (χ1v) is 6.86. The molecule has 1 rings (SSSR count). The molecule has 4 nitrogen and oxygen atoms in total. The van der Waals surface area contributed by atoms with E-state index in [9.17, 15) is 9.67 Å². The Morgan fingerprint density at radius 1 is 1.24 bits per heavy atom. The second kappa shape index (κ2) is 6.46. The van der Waals surface area contributed by atoms with Crippen LogP contribution in [0.25, 0.3) is 0 Å².